The second-order valence-electron chi connectivity index (χ2n) is 7.41. The number of thiophene rings is 2. The maximum atomic E-state index is 13.1. The lowest BCUT2D eigenvalue weighted by Gasteiger charge is -2.05. The van der Waals surface area contributed by atoms with E-state index >= 15 is 0 Å². The number of hydrogen-bond donors (Lipinski definition) is 1. The second-order valence-corrected chi connectivity index (χ2v) is 9.94. The summed E-state index contributed by atoms with van der Waals surface area (Å²) in [5.41, 5.74) is 2.12. The highest BCUT2D eigenvalue weighted by atomic mass is 35.5. The van der Waals surface area contributed by atoms with Crippen LogP contribution in [0, 0.1) is 6.92 Å². The van der Waals surface area contributed by atoms with Gasteiger partial charge in [0.15, 0.2) is 11.5 Å². The summed E-state index contributed by atoms with van der Waals surface area (Å²) in [5.74, 6) is 0.550. The third kappa shape index (κ3) is 3.94. The molecule has 0 atom stereocenters. The number of anilines is 1. The van der Waals surface area contributed by atoms with Gasteiger partial charge in [0.25, 0.3) is 5.91 Å². The van der Waals surface area contributed by atoms with Crippen LogP contribution >= 0.6 is 34.3 Å². The van der Waals surface area contributed by atoms with E-state index in [9.17, 15) is 9.59 Å². The van der Waals surface area contributed by atoms with E-state index in [-0.39, 0.29) is 12.7 Å². The predicted octanol–water partition coefficient (Wildman–Crippen LogP) is 6.28. The first-order chi connectivity index (χ1) is 16.0. The minimum atomic E-state index is -0.501. The molecule has 0 saturated heterocycles. The fourth-order valence-corrected chi connectivity index (χ4v) is 6.36. The number of amides is 1. The SMILES string of the molecule is COC(=O)c1c(NC(=O)c2sc3ccccc3c2Cl)sc(Cc2ccc3c(c2)OCO3)c1C. The van der Waals surface area contributed by atoms with Gasteiger partial charge in [-0.3, -0.25) is 4.79 Å². The lowest BCUT2D eigenvalue weighted by Crippen LogP contribution is -2.13. The highest BCUT2D eigenvalue weighted by molar-refractivity contribution is 7.22. The first-order valence-corrected chi connectivity index (χ1v) is 12.0. The Morgan fingerprint density at radius 3 is 2.70 bits per heavy atom. The van der Waals surface area contributed by atoms with Crippen molar-refractivity contribution in [2.45, 2.75) is 13.3 Å². The number of methoxy groups -OCH3 is 1. The summed E-state index contributed by atoms with van der Waals surface area (Å²) in [4.78, 5) is 27.0. The van der Waals surface area contributed by atoms with Crippen molar-refractivity contribution in [1.82, 2.24) is 0 Å². The van der Waals surface area contributed by atoms with Crippen LogP contribution in [0.1, 0.15) is 36.0 Å². The summed E-state index contributed by atoms with van der Waals surface area (Å²) in [6.07, 6.45) is 0.566. The molecule has 2 aromatic carbocycles. The van der Waals surface area contributed by atoms with Crippen LogP contribution in [0.4, 0.5) is 5.00 Å². The number of nitrogens with one attached hydrogen (secondary N) is 1. The van der Waals surface area contributed by atoms with Crippen molar-refractivity contribution in [3.63, 3.8) is 0 Å². The first kappa shape index (κ1) is 21.8. The number of rotatable bonds is 5. The Morgan fingerprint density at radius 1 is 1.12 bits per heavy atom. The molecule has 1 aliphatic heterocycles. The van der Waals surface area contributed by atoms with E-state index in [1.54, 1.807) is 0 Å². The lowest BCUT2D eigenvalue weighted by atomic mass is 10.1. The Balaban J connectivity index is 1.48. The third-order valence-electron chi connectivity index (χ3n) is 5.40. The largest absolute Gasteiger partial charge is 0.465 e. The van der Waals surface area contributed by atoms with Gasteiger partial charge < -0.3 is 19.5 Å². The summed E-state index contributed by atoms with van der Waals surface area (Å²) >= 11 is 9.14. The van der Waals surface area contributed by atoms with Crippen molar-refractivity contribution in [2.75, 3.05) is 19.2 Å². The van der Waals surface area contributed by atoms with E-state index in [1.807, 2.05) is 49.4 Å². The smallest absolute Gasteiger partial charge is 0.341 e. The monoisotopic (exact) mass is 499 g/mol. The second kappa shape index (κ2) is 8.70. The van der Waals surface area contributed by atoms with Crippen LogP contribution in [0.5, 0.6) is 11.5 Å². The maximum absolute atomic E-state index is 13.1. The third-order valence-corrected chi connectivity index (χ3v) is 8.29. The minimum absolute atomic E-state index is 0.208. The van der Waals surface area contributed by atoms with Crippen molar-refractivity contribution < 1.29 is 23.8 Å². The highest BCUT2D eigenvalue weighted by Crippen LogP contribution is 2.39. The minimum Gasteiger partial charge on any atom is -0.465 e. The molecule has 33 heavy (non-hydrogen) atoms. The molecule has 9 heteroatoms. The van der Waals surface area contributed by atoms with Crippen molar-refractivity contribution in [2.24, 2.45) is 0 Å². The van der Waals surface area contributed by atoms with Crippen molar-refractivity contribution in [3.05, 3.63) is 73.9 Å². The topological polar surface area (TPSA) is 73.9 Å². The number of hydrogen-bond acceptors (Lipinski definition) is 7. The Bertz CT molecular complexity index is 1410. The number of ether oxygens (including phenoxy) is 3. The van der Waals surface area contributed by atoms with Crippen LogP contribution < -0.4 is 14.8 Å². The zero-order valence-corrected chi connectivity index (χ0v) is 20.1. The van der Waals surface area contributed by atoms with Gasteiger partial charge >= 0.3 is 5.97 Å². The zero-order chi connectivity index (χ0) is 23.1. The number of carbonyl (C=O) groups is 2. The van der Waals surface area contributed by atoms with Crippen LogP contribution in [-0.2, 0) is 11.2 Å². The van der Waals surface area contributed by atoms with Crippen LogP contribution in [0.15, 0.2) is 42.5 Å². The quantitative estimate of drug-likeness (QED) is 0.327. The van der Waals surface area contributed by atoms with E-state index in [4.69, 9.17) is 25.8 Å². The van der Waals surface area contributed by atoms with Gasteiger partial charge in [-0.25, -0.2) is 4.79 Å². The molecule has 1 amide bonds. The number of carbonyl (C=O) groups excluding carboxylic acids is 2. The van der Waals surface area contributed by atoms with Crippen molar-refractivity contribution >= 4 is 61.2 Å². The van der Waals surface area contributed by atoms with Gasteiger partial charge in [0, 0.05) is 21.4 Å². The van der Waals surface area contributed by atoms with E-state index < -0.39 is 5.97 Å². The fourth-order valence-electron chi connectivity index (χ4n) is 3.72. The van der Waals surface area contributed by atoms with Gasteiger partial charge in [-0.15, -0.1) is 22.7 Å². The van der Waals surface area contributed by atoms with E-state index in [0.29, 0.717) is 38.4 Å². The predicted molar refractivity (Wildman–Crippen MR) is 131 cm³/mol. The summed E-state index contributed by atoms with van der Waals surface area (Å²) in [5, 5.41) is 4.56. The fraction of sp³-hybridized carbons (Fsp3) is 0.167. The molecule has 6 nitrogen and oxygen atoms in total. The summed E-state index contributed by atoms with van der Waals surface area (Å²) < 4.78 is 16.8. The van der Waals surface area contributed by atoms with Gasteiger partial charge in [0.05, 0.1) is 17.7 Å². The van der Waals surface area contributed by atoms with Crippen LogP contribution in [0.25, 0.3) is 10.1 Å². The van der Waals surface area contributed by atoms with Gasteiger partial charge in [-0.05, 0) is 36.2 Å². The van der Waals surface area contributed by atoms with Crippen LogP contribution in [-0.4, -0.2) is 25.8 Å². The average molecular weight is 500 g/mol. The molecule has 0 saturated carbocycles. The molecule has 0 bridgehead atoms. The zero-order valence-electron chi connectivity index (χ0n) is 17.7. The summed E-state index contributed by atoms with van der Waals surface area (Å²) in [6.45, 7) is 2.06. The molecule has 0 radical (unpaired) electrons. The standard InChI is InChI=1S/C24H18ClNO5S2/c1-12-18(10-13-7-8-15-16(9-13)31-11-30-15)33-23(19(12)24(28)29-2)26-22(27)21-20(25)14-5-3-4-6-17(14)32-21/h3-9H,10-11H2,1-2H3,(H,26,27). The Kier molecular flexibility index (Phi) is 5.74. The van der Waals surface area contributed by atoms with E-state index in [1.165, 1.54) is 29.8 Å². The molecule has 0 aliphatic carbocycles. The number of fused-ring (bicyclic) bond motifs is 2. The molecular weight excluding hydrogens is 482 g/mol. The average Bonchev–Trinajstić information content (AvgIpc) is 3.50. The molecule has 0 fully saturated rings. The molecule has 3 heterocycles. The normalized spacial score (nSPS) is 12.2. The Labute approximate surface area is 202 Å². The molecule has 0 unspecified atom stereocenters. The van der Waals surface area contributed by atoms with Gasteiger partial charge in [-0.2, -0.15) is 0 Å². The van der Waals surface area contributed by atoms with Crippen LogP contribution in [0.2, 0.25) is 5.02 Å². The lowest BCUT2D eigenvalue weighted by molar-refractivity contribution is 0.0601. The number of esters is 1. The van der Waals surface area contributed by atoms with Crippen molar-refractivity contribution in [1.29, 1.82) is 0 Å². The molecule has 1 aliphatic rings. The molecule has 5 rings (SSSR count). The summed E-state index contributed by atoms with van der Waals surface area (Å²) in [7, 11) is 1.32. The van der Waals surface area contributed by atoms with Crippen LogP contribution in [0.3, 0.4) is 0 Å². The highest BCUT2D eigenvalue weighted by Gasteiger charge is 2.26. The van der Waals surface area contributed by atoms with E-state index in [0.717, 1.165) is 26.1 Å². The van der Waals surface area contributed by atoms with E-state index in [2.05, 4.69) is 5.32 Å². The first-order valence-electron chi connectivity index (χ1n) is 10.0. The molecular formula is C24H18ClNO5S2. The maximum Gasteiger partial charge on any atom is 0.341 e. The molecule has 168 valence electrons. The Morgan fingerprint density at radius 2 is 1.91 bits per heavy atom. The van der Waals surface area contributed by atoms with Gasteiger partial charge in [0.2, 0.25) is 6.79 Å². The van der Waals surface area contributed by atoms with Gasteiger partial charge in [0.1, 0.15) is 9.88 Å². The molecule has 0 spiro atoms. The van der Waals surface area contributed by atoms with Gasteiger partial charge in [-0.1, -0.05) is 35.9 Å². The Hall–Kier alpha value is -3.07. The molecule has 4 aromatic rings. The van der Waals surface area contributed by atoms with Crippen molar-refractivity contribution in [3.8, 4) is 11.5 Å². The number of benzene rings is 2. The molecule has 1 N–H and O–H groups in total. The molecule has 2 aromatic heterocycles. The number of halogens is 1. The summed E-state index contributed by atoms with van der Waals surface area (Å²) in [6, 6.07) is 13.3.